The highest BCUT2D eigenvalue weighted by atomic mass is 32.1. The van der Waals surface area contributed by atoms with Gasteiger partial charge in [0.1, 0.15) is 6.17 Å². The third-order valence-electron chi connectivity index (χ3n) is 9.38. The predicted octanol–water partition coefficient (Wildman–Crippen LogP) is 3.59. The molecule has 10 heteroatoms. The van der Waals surface area contributed by atoms with Gasteiger partial charge in [0.05, 0.1) is 12.3 Å². The van der Waals surface area contributed by atoms with Gasteiger partial charge in [-0.25, -0.2) is 13.6 Å². The van der Waals surface area contributed by atoms with Crippen molar-refractivity contribution in [3.63, 3.8) is 0 Å². The summed E-state index contributed by atoms with van der Waals surface area (Å²) < 4.78 is 43.5. The first kappa shape index (κ1) is 24.4. The molecule has 7 nitrogen and oxygen atoms in total. The van der Waals surface area contributed by atoms with E-state index in [1.807, 2.05) is 0 Å². The van der Waals surface area contributed by atoms with Gasteiger partial charge in [-0.2, -0.15) is 0 Å². The van der Waals surface area contributed by atoms with Crippen LogP contribution >= 0.6 is 12.6 Å². The summed E-state index contributed by atoms with van der Waals surface area (Å²) in [5.74, 6) is -3.79. The first-order valence-electron chi connectivity index (χ1n) is 11.7. The highest BCUT2D eigenvalue weighted by Crippen LogP contribution is 2.71. The van der Waals surface area contributed by atoms with Crippen LogP contribution in [0.5, 0.6) is 0 Å². The molecule has 1 aromatic rings. The summed E-state index contributed by atoms with van der Waals surface area (Å²) in [6.45, 7) is 4.89. The van der Waals surface area contributed by atoms with Gasteiger partial charge < -0.3 is 14.4 Å². The van der Waals surface area contributed by atoms with Crippen molar-refractivity contribution in [2.75, 3.05) is 0 Å². The third kappa shape index (κ3) is 2.86. The molecule has 1 N–H and O–H groups in total. The standard InChI is InChI=1S/C25H27F2NO6S/c1-12-8-14-15-10-17(26)16-9-13(29)4-6-22(16,2)24(15,27)19(30)11-23(14,3)25(12,21(32)35)33-20(31)18-5-7-28-34-18/h4-7,9,12,14-15,17,19,30H,8,10-11H2,1-3H3,(H,32,35)/t12-,14+,15+,17+,19+,22+,23+,24+,25+/m1/s1. The summed E-state index contributed by atoms with van der Waals surface area (Å²) in [5, 5.41) is 14.2. The highest BCUT2D eigenvalue weighted by Gasteiger charge is 2.78. The lowest BCUT2D eigenvalue weighted by Gasteiger charge is -2.63. The van der Waals surface area contributed by atoms with Crippen LogP contribution in [-0.4, -0.2) is 50.7 Å². The molecule has 0 aromatic carbocycles. The number of carbonyl (C=O) groups excluding carboxylic acids is 3. The van der Waals surface area contributed by atoms with Crippen molar-refractivity contribution in [1.29, 1.82) is 0 Å². The summed E-state index contributed by atoms with van der Waals surface area (Å²) in [6.07, 6.45) is 1.46. The summed E-state index contributed by atoms with van der Waals surface area (Å²) in [5.41, 5.74) is -6.88. The molecule has 0 unspecified atom stereocenters. The van der Waals surface area contributed by atoms with Crippen LogP contribution in [-0.2, 0) is 14.3 Å². The van der Waals surface area contributed by atoms with E-state index < -0.39 is 69.0 Å². The Balaban J connectivity index is 1.62. The Morgan fingerprint density at radius 1 is 1.29 bits per heavy atom. The molecule has 4 aliphatic carbocycles. The van der Waals surface area contributed by atoms with Crippen LogP contribution in [0.1, 0.15) is 50.6 Å². The van der Waals surface area contributed by atoms with Gasteiger partial charge in [-0.15, -0.1) is 12.6 Å². The maximum atomic E-state index is 17.3. The molecule has 0 saturated heterocycles. The predicted molar refractivity (Wildman–Crippen MR) is 122 cm³/mol. The molecule has 35 heavy (non-hydrogen) atoms. The Bertz CT molecular complexity index is 1170. The monoisotopic (exact) mass is 507 g/mol. The molecule has 5 rings (SSSR count). The van der Waals surface area contributed by atoms with Gasteiger partial charge in [0.2, 0.25) is 10.9 Å². The molecule has 3 saturated carbocycles. The normalized spacial score (nSPS) is 46.3. The number of hydrogen-bond donors (Lipinski definition) is 2. The average molecular weight is 508 g/mol. The zero-order valence-electron chi connectivity index (χ0n) is 19.5. The minimum atomic E-state index is -2.30. The van der Waals surface area contributed by atoms with E-state index in [9.17, 15) is 19.5 Å². The van der Waals surface area contributed by atoms with E-state index in [0.717, 1.165) is 6.08 Å². The van der Waals surface area contributed by atoms with E-state index in [4.69, 9.17) is 9.26 Å². The van der Waals surface area contributed by atoms with Gasteiger partial charge in [-0.3, -0.25) is 9.59 Å². The lowest BCUT2D eigenvalue weighted by molar-refractivity contribution is -0.221. The van der Waals surface area contributed by atoms with Crippen LogP contribution in [0.2, 0.25) is 0 Å². The molecule has 0 amide bonds. The van der Waals surface area contributed by atoms with E-state index in [1.165, 1.54) is 31.3 Å². The van der Waals surface area contributed by atoms with Crippen LogP contribution in [0, 0.1) is 28.6 Å². The molecule has 1 heterocycles. The number of ketones is 1. The summed E-state index contributed by atoms with van der Waals surface area (Å²) in [4.78, 5) is 38.0. The summed E-state index contributed by atoms with van der Waals surface area (Å²) >= 11 is 4.10. The zero-order chi connectivity index (χ0) is 25.6. The molecule has 0 aliphatic heterocycles. The van der Waals surface area contributed by atoms with Gasteiger partial charge in [-0.05, 0) is 49.8 Å². The molecular weight excluding hydrogens is 480 g/mol. The number of fused-ring (bicyclic) bond motifs is 5. The minimum absolute atomic E-state index is 0.0192. The Hall–Kier alpha value is -2.33. The average Bonchev–Trinajstić information content (AvgIpc) is 3.39. The molecular formula is C25H27F2NO6S. The number of aromatic nitrogens is 1. The van der Waals surface area contributed by atoms with E-state index in [-0.39, 0.29) is 30.6 Å². The van der Waals surface area contributed by atoms with Gasteiger partial charge in [0, 0.05) is 28.7 Å². The number of halogens is 2. The number of esters is 1. The van der Waals surface area contributed by atoms with Crippen molar-refractivity contribution in [2.24, 2.45) is 28.6 Å². The lowest BCUT2D eigenvalue weighted by Crippen LogP contribution is -2.70. The number of rotatable bonds is 3. The number of alkyl halides is 2. The Labute approximate surface area is 206 Å². The van der Waals surface area contributed by atoms with Crippen molar-refractivity contribution < 1.29 is 37.5 Å². The molecule has 1 aromatic heterocycles. The molecule has 0 spiro atoms. The van der Waals surface area contributed by atoms with Crippen LogP contribution in [0.4, 0.5) is 8.78 Å². The second-order valence-electron chi connectivity index (χ2n) is 10.8. The molecule has 9 atom stereocenters. The fourth-order valence-corrected chi connectivity index (χ4v) is 8.28. The lowest BCUT2D eigenvalue weighted by atomic mass is 9.44. The number of ether oxygens (including phenoxy) is 1. The van der Waals surface area contributed by atoms with Gasteiger partial charge in [0.15, 0.2) is 17.1 Å². The second-order valence-corrected chi connectivity index (χ2v) is 11.2. The van der Waals surface area contributed by atoms with Gasteiger partial charge in [0.25, 0.3) is 0 Å². The van der Waals surface area contributed by atoms with Gasteiger partial charge in [-0.1, -0.05) is 25.1 Å². The first-order chi connectivity index (χ1) is 16.3. The van der Waals surface area contributed by atoms with Crippen LogP contribution in [0.25, 0.3) is 0 Å². The van der Waals surface area contributed by atoms with Crippen molar-refractivity contribution in [3.05, 3.63) is 41.8 Å². The number of nitrogens with zero attached hydrogens (tertiary/aromatic N) is 1. The minimum Gasteiger partial charge on any atom is -0.443 e. The van der Waals surface area contributed by atoms with Gasteiger partial charge >= 0.3 is 5.97 Å². The molecule has 3 fully saturated rings. The van der Waals surface area contributed by atoms with Crippen molar-refractivity contribution in [2.45, 2.75) is 63.6 Å². The largest absolute Gasteiger partial charge is 0.443 e. The highest BCUT2D eigenvalue weighted by molar-refractivity contribution is 7.96. The van der Waals surface area contributed by atoms with Crippen molar-refractivity contribution >= 4 is 29.5 Å². The SMILES string of the molecule is C[C@@H]1C[C@H]2[C@@H]3C[C@H](F)C4=CC(=O)C=C[C@]4(C)[C@@]3(F)[C@@H](O)C[C@]2(C)[C@@]1(OC(=O)c1ccno1)C(=O)S. The number of aliphatic hydroxyl groups excluding tert-OH is 1. The maximum Gasteiger partial charge on any atom is 0.378 e. The van der Waals surface area contributed by atoms with E-state index in [2.05, 4.69) is 17.8 Å². The topological polar surface area (TPSA) is 107 Å². The number of allylic oxidation sites excluding steroid dienone is 4. The Kier molecular flexibility index (Phi) is 5.28. The Morgan fingerprint density at radius 3 is 2.63 bits per heavy atom. The summed E-state index contributed by atoms with van der Waals surface area (Å²) in [6, 6.07) is 1.29. The zero-order valence-corrected chi connectivity index (χ0v) is 20.4. The number of carbonyl (C=O) groups is 3. The second kappa shape index (κ2) is 7.59. The number of thiol groups is 1. The van der Waals surface area contributed by atoms with E-state index in [1.54, 1.807) is 13.8 Å². The third-order valence-corrected chi connectivity index (χ3v) is 9.71. The molecule has 4 aliphatic rings. The fraction of sp³-hybridized carbons (Fsp3) is 0.600. The Morgan fingerprint density at radius 2 is 2.00 bits per heavy atom. The first-order valence-corrected chi connectivity index (χ1v) is 12.1. The van der Waals surface area contributed by atoms with Crippen LogP contribution in [0.15, 0.2) is 40.6 Å². The smallest absolute Gasteiger partial charge is 0.378 e. The summed E-state index contributed by atoms with van der Waals surface area (Å²) in [7, 11) is 0. The van der Waals surface area contributed by atoms with Crippen molar-refractivity contribution in [1.82, 2.24) is 5.16 Å². The van der Waals surface area contributed by atoms with Crippen LogP contribution in [0.3, 0.4) is 0 Å². The number of aliphatic hydroxyl groups is 1. The van der Waals surface area contributed by atoms with E-state index >= 15 is 8.78 Å². The van der Waals surface area contributed by atoms with Crippen LogP contribution < -0.4 is 0 Å². The quantitative estimate of drug-likeness (QED) is 0.476. The molecule has 0 radical (unpaired) electrons. The number of hydrogen-bond acceptors (Lipinski definition) is 7. The maximum absolute atomic E-state index is 17.3. The van der Waals surface area contributed by atoms with Crippen molar-refractivity contribution in [3.8, 4) is 0 Å². The fourth-order valence-electron chi connectivity index (χ4n) is 7.76. The molecule has 0 bridgehead atoms. The van der Waals surface area contributed by atoms with E-state index in [0.29, 0.717) is 0 Å². The molecule has 188 valence electrons.